The van der Waals surface area contributed by atoms with Gasteiger partial charge in [-0.1, -0.05) is 12.1 Å². The van der Waals surface area contributed by atoms with Gasteiger partial charge in [0.1, 0.15) is 11.6 Å². The predicted molar refractivity (Wildman–Crippen MR) is 86.5 cm³/mol. The third-order valence-electron chi connectivity index (χ3n) is 3.29. The number of nitrogens with zero attached hydrogens (tertiary/aromatic N) is 3. The average Bonchev–Trinajstić information content (AvgIpc) is 2.88. The highest BCUT2D eigenvalue weighted by Crippen LogP contribution is 2.15. The molecular formula is C17H15FN4O. The number of hydrogen-bond acceptors (Lipinski definition) is 3. The van der Waals surface area contributed by atoms with Gasteiger partial charge in [-0.25, -0.2) is 13.9 Å². The van der Waals surface area contributed by atoms with Crippen LogP contribution in [-0.4, -0.2) is 20.5 Å². The van der Waals surface area contributed by atoms with Crippen molar-refractivity contribution in [1.82, 2.24) is 14.6 Å². The minimum atomic E-state index is -0.307. The van der Waals surface area contributed by atoms with E-state index in [1.54, 1.807) is 28.9 Å². The summed E-state index contributed by atoms with van der Waals surface area (Å²) in [5.41, 5.74) is 3.07. The normalized spacial score (nSPS) is 11.3. The van der Waals surface area contributed by atoms with Crippen LogP contribution in [-0.2, 0) is 4.79 Å². The molecule has 6 heteroatoms. The summed E-state index contributed by atoms with van der Waals surface area (Å²) in [4.78, 5) is 16.3. The molecule has 23 heavy (non-hydrogen) atoms. The number of halogens is 1. The van der Waals surface area contributed by atoms with Crippen LogP contribution in [0.3, 0.4) is 0 Å². The monoisotopic (exact) mass is 310 g/mol. The van der Waals surface area contributed by atoms with Crippen LogP contribution in [0.2, 0.25) is 0 Å². The van der Waals surface area contributed by atoms with Crippen molar-refractivity contribution in [3.05, 3.63) is 65.4 Å². The average molecular weight is 310 g/mol. The number of aromatic nitrogens is 3. The Morgan fingerprint density at radius 1 is 1.26 bits per heavy atom. The number of benzene rings is 1. The zero-order valence-electron chi connectivity index (χ0n) is 12.7. The summed E-state index contributed by atoms with van der Waals surface area (Å²) in [6, 6.07) is 7.75. The number of fused-ring (bicyclic) bond motifs is 1. The van der Waals surface area contributed by atoms with E-state index < -0.39 is 0 Å². The van der Waals surface area contributed by atoms with E-state index in [9.17, 15) is 9.18 Å². The Kier molecular flexibility index (Phi) is 3.89. The lowest BCUT2D eigenvalue weighted by Gasteiger charge is -2.04. The second kappa shape index (κ2) is 6.00. The van der Waals surface area contributed by atoms with Crippen molar-refractivity contribution < 1.29 is 9.18 Å². The van der Waals surface area contributed by atoms with E-state index in [0.717, 1.165) is 16.8 Å². The van der Waals surface area contributed by atoms with Gasteiger partial charge in [-0.2, -0.15) is 5.10 Å². The lowest BCUT2D eigenvalue weighted by Crippen LogP contribution is -2.09. The van der Waals surface area contributed by atoms with Crippen LogP contribution in [0.25, 0.3) is 11.7 Å². The Morgan fingerprint density at radius 3 is 2.74 bits per heavy atom. The molecule has 2 aromatic heterocycles. The lowest BCUT2D eigenvalue weighted by atomic mass is 10.2. The number of pyridine rings is 1. The fourth-order valence-corrected chi connectivity index (χ4v) is 2.25. The molecule has 0 aliphatic heterocycles. The zero-order chi connectivity index (χ0) is 16.4. The molecule has 116 valence electrons. The number of carbonyl (C=O) groups is 1. The third-order valence-corrected chi connectivity index (χ3v) is 3.29. The Hall–Kier alpha value is -3.02. The zero-order valence-corrected chi connectivity index (χ0v) is 12.7. The first-order valence-electron chi connectivity index (χ1n) is 7.09. The Bertz CT molecular complexity index is 897. The molecule has 0 aliphatic rings. The number of nitrogens with one attached hydrogen (secondary N) is 1. The van der Waals surface area contributed by atoms with Gasteiger partial charge in [0.15, 0.2) is 5.65 Å². The number of hydrogen-bond donors (Lipinski definition) is 1. The van der Waals surface area contributed by atoms with Gasteiger partial charge in [0, 0.05) is 6.08 Å². The van der Waals surface area contributed by atoms with E-state index >= 15 is 0 Å². The van der Waals surface area contributed by atoms with Gasteiger partial charge >= 0.3 is 0 Å². The van der Waals surface area contributed by atoms with Crippen LogP contribution in [0, 0.1) is 19.7 Å². The molecule has 0 saturated carbocycles. The van der Waals surface area contributed by atoms with Crippen LogP contribution < -0.4 is 5.32 Å². The maximum atomic E-state index is 12.8. The number of rotatable bonds is 3. The van der Waals surface area contributed by atoms with Gasteiger partial charge in [0.25, 0.3) is 0 Å². The molecule has 0 atom stereocenters. The second-order valence-corrected chi connectivity index (χ2v) is 5.21. The Balaban J connectivity index is 1.76. The van der Waals surface area contributed by atoms with Crippen molar-refractivity contribution in [2.24, 2.45) is 0 Å². The Morgan fingerprint density at radius 2 is 2.00 bits per heavy atom. The van der Waals surface area contributed by atoms with Gasteiger partial charge in [-0.15, -0.1) is 0 Å². The van der Waals surface area contributed by atoms with Crippen LogP contribution in [0.5, 0.6) is 0 Å². The van der Waals surface area contributed by atoms with Gasteiger partial charge in [0.2, 0.25) is 5.91 Å². The van der Waals surface area contributed by atoms with Gasteiger partial charge in [-0.3, -0.25) is 4.79 Å². The summed E-state index contributed by atoms with van der Waals surface area (Å²) in [5, 5.41) is 7.02. The van der Waals surface area contributed by atoms with E-state index in [0.29, 0.717) is 11.5 Å². The summed E-state index contributed by atoms with van der Waals surface area (Å²) in [6.45, 7) is 3.73. The highest BCUT2D eigenvalue weighted by Gasteiger charge is 2.06. The van der Waals surface area contributed by atoms with E-state index in [1.165, 1.54) is 18.2 Å². The first-order chi connectivity index (χ1) is 11.0. The van der Waals surface area contributed by atoms with Crippen molar-refractivity contribution in [1.29, 1.82) is 0 Å². The molecule has 1 N–H and O–H groups in total. The largest absolute Gasteiger partial charge is 0.321 e. The van der Waals surface area contributed by atoms with E-state index in [-0.39, 0.29) is 11.7 Å². The Labute approximate surface area is 132 Å². The van der Waals surface area contributed by atoms with E-state index in [1.807, 2.05) is 19.9 Å². The van der Waals surface area contributed by atoms with Crippen molar-refractivity contribution >= 4 is 23.3 Å². The van der Waals surface area contributed by atoms with E-state index in [2.05, 4.69) is 15.4 Å². The molecule has 5 nitrogen and oxygen atoms in total. The van der Waals surface area contributed by atoms with Crippen LogP contribution in [0.1, 0.15) is 17.0 Å². The van der Waals surface area contributed by atoms with Gasteiger partial charge in [0.05, 0.1) is 11.9 Å². The predicted octanol–water partition coefficient (Wildman–Crippen LogP) is 3.14. The molecule has 1 amide bonds. The van der Waals surface area contributed by atoms with Crippen molar-refractivity contribution in [3.8, 4) is 0 Å². The smallest absolute Gasteiger partial charge is 0.248 e. The van der Waals surface area contributed by atoms with Crippen LogP contribution in [0.4, 0.5) is 10.1 Å². The fourth-order valence-electron chi connectivity index (χ4n) is 2.25. The highest BCUT2D eigenvalue weighted by atomic mass is 19.1. The molecule has 0 radical (unpaired) electrons. The summed E-state index contributed by atoms with van der Waals surface area (Å²) in [5.74, 6) is 0.0937. The molecule has 0 spiro atoms. The molecule has 2 heterocycles. The summed E-state index contributed by atoms with van der Waals surface area (Å²) < 4.78 is 14.5. The first-order valence-corrected chi connectivity index (χ1v) is 7.09. The molecule has 3 aromatic rings. The van der Waals surface area contributed by atoms with E-state index in [4.69, 9.17) is 0 Å². The van der Waals surface area contributed by atoms with Crippen molar-refractivity contribution in [3.63, 3.8) is 0 Å². The van der Waals surface area contributed by atoms with Gasteiger partial charge < -0.3 is 5.32 Å². The number of anilines is 1. The molecule has 0 saturated heterocycles. The SMILES string of the molecule is Cc1nc2c(C)cc(NC(=O)/C=C/c3ccc(F)cc3)cn2n1. The minimum absolute atomic E-state index is 0.273. The standard InChI is InChI=1S/C17H15FN4O/c1-11-9-15(10-22-17(11)19-12(2)21-22)20-16(23)8-5-13-3-6-14(18)7-4-13/h3-10H,1-2H3,(H,20,23)/b8-5+. The maximum Gasteiger partial charge on any atom is 0.248 e. The number of amides is 1. The molecule has 0 bridgehead atoms. The quantitative estimate of drug-likeness (QED) is 0.756. The van der Waals surface area contributed by atoms with Crippen LogP contribution >= 0.6 is 0 Å². The molecular weight excluding hydrogens is 295 g/mol. The van der Waals surface area contributed by atoms with Crippen molar-refractivity contribution in [2.45, 2.75) is 13.8 Å². The van der Waals surface area contributed by atoms with Crippen molar-refractivity contribution in [2.75, 3.05) is 5.32 Å². The molecule has 3 rings (SSSR count). The first kappa shape index (κ1) is 14.9. The third kappa shape index (κ3) is 3.42. The fraction of sp³-hybridized carbons (Fsp3) is 0.118. The second-order valence-electron chi connectivity index (χ2n) is 5.21. The topological polar surface area (TPSA) is 59.3 Å². The summed E-state index contributed by atoms with van der Waals surface area (Å²) in [7, 11) is 0. The number of carbonyl (C=O) groups excluding carboxylic acids is 1. The lowest BCUT2D eigenvalue weighted by molar-refractivity contribution is -0.111. The van der Waals surface area contributed by atoms with Gasteiger partial charge in [-0.05, 0) is 49.2 Å². The highest BCUT2D eigenvalue weighted by molar-refractivity contribution is 6.02. The molecule has 0 fully saturated rings. The molecule has 0 unspecified atom stereocenters. The summed E-state index contributed by atoms with van der Waals surface area (Å²) in [6.07, 6.45) is 4.74. The maximum absolute atomic E-state index is 12.8. The molecule has 0 aliphatic carbocycles. The molecule has 1 aromatic carbocycles. The van der Waals surface area contributed by atoms with Crippen LogP contribution in [0.15, 0.2) is 42.6 Å². The minimum Gasteiger partial charge on any atom is -0.321 e. The number of aryl methyl sites for hydroxylation is 2. The summed E-state index contributed by atoms with van der Waals surface area (Å²) >= 11 is 0.